The highest BCUT2D eigenvalue weighted by molar-refractivity contribution is 5.44. The first-order valence-corrected chi connectivity index (χ1v) is 4.61. The second kappa shape index (κ2) is 2.80. The number of hydrogen-bond acceptors (Lipinski definition) is 2. The van der Waals surface area contributed by atoms with Crippen LogP contribution in [-0.2, 0) is 0 Å². The first-order chi connectivity index (χ1) is 6.95. The first kappa shape index (κ1) is 7.50. The molecule has 68 valence electrons. The molecule has 0 amide bonds. The predicted molar refractivity (Wildman–Crippen MR) is 54.9 cm³/mol. The molecule has 3 heteroatoms. The maximum atomic E-state index is 4.44. The maximum Gasteiger partial charge on any atom is 0.234 e. The zero-order valence-electron chi connectivity index (χ0n) is 7.59. The van der Waals surface area contributed by atoms with Crippen LogP contribution in [0.1, 0.15) is 6.42 Å². The molecule has 2 aromatic rings. The number of aromatic nitrogens is 3. The van der Waals surface area contributed by atoms with Crippen LogP contribution in [0, 0.1) is 0 Å². The van der Waals surface area contributed by atoms with Gasteiger partial charge in [0, 0.05) is 12.4 Å². The van der Waals surface area contributed by atoms with Crippen molar-refractivity contribution in [3.05, 3.63) is 41.3 Å². The summed E-state index contributed by atoms with van der Waals surface area (Å²) in [4.78, 5) is 8.64. The fourth-order valence-corrected chi connectivity index (χ4v) is 1.66. The van der Waals surface area contributed by atoms with Crippen LogP contribution in [0.3, 0.4) is 0 Å². The van der Waals surface area contributed by atoms with E-state index < -0.39 is 0 Å². The highest BCUT2D eigenvalue weighted by Gasteiger charge is 1.99. The van der Waals surface area contributed by atoms with Crippen molar-refractivity contribution in [2.24, 2.45) is 0 Å². The molecule has 14 heavy (non-hydrogen) atoms. The number of hydrogen-bond donors (Lipinski definition) is 0. The number of fused-ring (bicyclic) bond motifs is 3. The number of allylic oxidation sites excluding steroid dienone is 2. The Balaban J connectivity index is 2.59. The molecule has 2 aromatic heterocycles. The van der Waals surface area contributed by atoms with Gasteiger partial charge in [-0.3, -0.25) is 4.40 Å². The lowest BCUT2D eigenvalue weighted by Crippen LogP contribution is -2.26. The van der Waals surface area contributed by atoms with Gasteiger partial charge in [-0.25, -0.2) is 9.97 Å². The molecule has 3 nitrogen and oxygen atoms in total. The van der Waals surface area contributed by atoms with E-state index in [0.29, 0.717) is 0 Å². The van der Waals surface area contributed by atoms with Gasteiger partial charge in [0.1, 0.15) is 0 Å². The second-order valence-corrected chi connectivity index (χ2v) is 3.21. The van der Waals surface area contributed by atoms with Crippen molar-refractivity contribution in [2.45, 2.75) is 6.42 Å². The van der Waals surface area contributed by atoms with E-state index in [1.165, 1.54) is 0 Å². The summed E-state index contributed by atoms with van der Waals surface area (Å²) in [6.45, 7) is 0. The Labute approximate surface area is 80.7 Å². The lowest BCUT2D eigenvalue weighted by molar-refractivity contribution is 1.08. The van der Waals surface area contributed by atoms with Gasteiger partial charge in [-0.05, 0) is 18.6 Å². The van der Waals surface area contributed by atoms with Crippen LogP contribution in [0.4, 0.5) is 0 Å². The van der Waals surface area contributed by atoms with Crippen molar-refractivity contribution >= 4 is 17.9 Å². The van der Waals surface area contributed by atoms with Gasteiger partial charge in [0.25, 0.3) is 0 Å². The Hall–Kier alpha value is -1.90. The van der Waals surface area contributed by atoms with Gasteiger partial charge in [0.2, 0.25) is 5.78 Å². The van der Waals surface area contributed by atoms with Crippen LogP contribution in [0.15, 0.2) is 30.6 Å². The van der Waals surface area contributed by atoms with E-state index in [1.54, 1.807) is 6.20 Å². The van der Waals surface area contributed by atoms with E-state index in [-0.39, 0.29) is 0 Å². The van der Waals surface area contributed by atoms with Crippen LogP contribution in [0.25, 0.3) is 17.9 Å². The summed E-state index contributed by atoms with van der Waals surface area (Å²) in [6.07, 6.45) is 13.0. The molecule has 0 saturated carbocycles. The Morgan fingerprint density at radius 1 is 1.36 bits per heavy atom. The van der Waals surface area contributed by atoms with Crippen molar-refractivity contribution in [3.8, 4) is 0 Å². The van der Waals surface area contributed by atoms with Gasteiger partial charge in [0.05, 0.1) is 10.7 Å². The molecule has 3 rings (SSSR count). The molecule has 1 aliphatic rings. The molecular weight excluding hydrogens is 174 g/mol. The monoisotopic (exact) mass is 183 g/mol. The number of imidazole rings is 1. The lowest BCUT2D eigenvalue weighted by Gasteiger charge is -1.88. The Bertz CT molecular complexity index is 620. The Morgan fingerprint density at radius 2 is 2.36 bits per heavy atom. The normalized spacial score (nSPS) is 14.3. The molecule has 0 aliphatic heterocycles. The molecule has 0 radical (unpaired) electrons. The average Bonchev–Trinajstić information content (AvgIpc) is 2.42. The molecule has 0 saturated heterocycles. The van der Waals surface area contributed by atoms with E-state index in [0.717, 1.165) is 22.9 Å². The highest BCUT2D eigenvalue weighted by atomic mass is 15.1. The summed E-state index contributed by atoms with van der Waals surface area (Å²) in [5.41, 5.74) is 0. The quantitative estimate of drug-likeness (QED) is 0.586. The average molecular weight is 183 g/mol. The molecule has 0 fully saturated rings. The van der Waals surface area contributed by atoms with Crippen LogP contribution < -0.4 is 10.7 Å². The van der Waals surface area contributed by atoms with E-state index in [9.17, 15) is 0 Å². The van der Waals surface area contributed by atoms with E-state index in [4.69, 9.17) is 0 Å². The largest absolute Gasteiger partial charge is 0.284 e. The molecule has 0 aromatic carbocycles. The van der Waals surface area contributed by atoms with E-state index in [2.05, 4.69) is 34.3 Å². The van der Waals surface area contributed by atoms with Gasteiger partial charge in [-0.2, -0.15) is 0 Å². The fraction of sp³-hybridized carbons (Fsp3) is 0.0909. The third-order valence-electron chi connectivity index (χ3n) is 2.31. The number of nitrogens with zero attached hydrogens (tertiary/aromatic N) is 3. The van der Waals surface area contributed by atoms with Crippen molar-refractivity contribution in [3.63, 3.8) is 0 Å². The SMILES string of the molecule is C1=CCC=c2nc3ncccn3c2=C1. The second-order valence-electron chi connectivity index (χ2n) is 3.21. The fourth-order valence-electron chi connectivity index (χ4n) is 1.66. The van der Waals surface area contributed by atoms with Crippen LogP contribution in [0.5, 0.6) is 0 Å². The summed E-state index contributed by atoms with van der Waals surface area (Å²) in [6, 6.07) is 1.91. The van der Waals surface area contributed by atoms with Crippen LogP contribution in [-0.4, -0.2) is 14.4 Å². The van der Waals surface area contributed by atoms with Gasteiger partial charge < -0.3 is 0 Å². The summed E-state index contributed by atoms with van der Waals surface area (Å²) in [5, 5.41) is 2.13. The van der Waals surface area contributed by atoms with E-state index >= 15 is 0 Å². The van der Waals surface area contributed by atoms with Crippen molar-refractivity contribution in [2.75, 3.05) is 0 Å². The zero-order valence-corrected chi connectivity index (χ0v) is 7.59. The number of rotatable bonds is 0. The molecular formula is C11H9N3. The molecule has 0 N–H and O–H groups in total. The van der Waals surface area contributed by atoms with Crippen molar-refractivity contribution < 1.29 is 0 Å². The Morgan fingerprint density at radius 3 is 3.36 bits per heavy atom. The van der Waals surface area contributed by atoms with Crippen molar-refractivity contribution in [1.82, 2.24) is 14.4 Å². The van der Waals surface area contributed by atoms with Crippen molar-refractivity contribution in [1.29, 1.82) is 0 Å². The minimum atomic E-state index is 0.764. The molecule has 0 bridgehead atoms. The van der Waals surface area contributed by atoms with Crippen LogP contribution in [0.2, 0.25) is 0 Å². The minimum absolute atomic E-state index is 0.764. The summed E-state index contributed by atoms with van der Waals surface area (Å²) in [7, 11) is 0. The summed E-state index contributed by atoms with van der Waals surface area (Å²) in [5.74, 6) is 0.764. The summed E-state index contributed by atoms with van der Waals surface area (Å²) < 4.78 is 2.00. The van der Waals surface area contributed by atoms with Crippen LogP contribution >= 0.6 is 0 Å². The molecule has 1 aliphatic carbocycles. The summed E-state index contributed by atoms with van der Waals surface area (Å²) >= 11 is 0. The lowest BCUT2D eigenvalue weighted by atomic mass is 10.4. The predicted octanol–water partition coefficient (Wildman–Crippen LogP) is 0.250. The standard InChI is InChI=1S/C11H9N3/c1-2-5-9-10(6-3-1)14-8-4-7-12-11(14)13-9/h1,3-8H,2H2. The highest BCUT2D eigenvalue weighted by Crippen LogP contribution is 1.91. The smallest absolute Gasteiger partial charge is 0.234 e. The molecule has 2 heterocycles. The minimum Gasteiger partial charge on any atom is -0.284 e. The zero-order chi connectivity index (χ0) is 9.38. The maximum absolute atomic E-state index is 4.44. The van der Waals surface area contributed by atoms with Gasteiger partial charge in [0.15, 0.2) is 0 Å². The topological polar surface area (TPSA) is 30.2 Å². The molecule has 0 unspecified atom stereocenters. The van der Waals surface area contributed by atoms with Gasteiger partial charge in [-0.1, -0.05) is 18.2 Å². The third kappa shape index (κ3) is 0.988. The van der Waals surface area contributed by atoms with Gasteiger partial charge >= 0.3 is 0 Å². The molecule has 0 atom stereocenters. The van der Waals surface area contributed by atoms with Gasteiger partial charge in [-0.15, -0.1) is 0 Å². The molecule has 0 spiro atoms. The Kier molecular flexibility index (Phi) is 1.50. The van der Waals surface area contributed by atoms with E-state index in [1.807, 2.05) is 16.7 Å². The first-order valence-electron chi connectivity index (χ1n) is 4.61. The third-order valence-corrected chi connectivity index (χ3v) is 2.31.